The third-order valence-corrected chi connectivity index (χ3v) is 1.39. The van der Waals surface area contributed by atoms with E-state index in [1.165, 1.54) is 12.3 Å². The zero-order chi connectivity index (χ0) is 14.5. The van der Waals surface area contributed by atoms with E-state index in [-0.39, 0.29) is 12.2 Å². The van der Waals surface area contributed by atoms with Gasteiger partial charge in [0, 0.05) is 12.4 Å². The third kappa shape index (κ3) is 10.1. The number of nitrogens with two attached hydrogens (primary N) is 1. The number of H-pyrrole nitrogens is 1. The Labute approximate surface area is 108 Å². The molecule has 0 unspecified atom stereocenters. The highest BCUT2D eigenvalue weighted by Gasteiger charge is 1.98. The van der Waals surface area contributed by atoms with Crippen molar-refractivity contribution in [3.8, 4) is 0 Å². The number of aromatic nitrogens is 4. The van der Waals surface area contributed by atoms with Crippen LogP contribution >= 0.6 is 0 Å². The van der Waals surface area contributed by atoms with Crippen molar-refractivity contribution in [3.63, 3.8) is 0 Å². The van der Waals surface area contributed by atoms with Gasteiger partial charge in [-0.3, -0.25) is 9.89 Å². The van der Waals surface area contributed by atoms with Gasteiger partial charge in [-0.05, 0) is 12.1 Å². The number of rotatable bonds is 2. The average Bonchev–Trinajstić information content (AvgIpc) is 2.99. The Morgan fingerprint density at radius 2 is 1.95 bits per heavy atom. The summed E-state index contributed by atoms with van der Waals surface area (Å²) in [7, 11) is 0. The quantitative estimate of drug-likeness (QED) is 0.573. The molecular formula is C10H13N5O4. The highest BCUT2D eigenvalue weighted by Crippen LogP contribution is 1.90. The van der Waals surface area contributed by atoms with Gasteiger partial charge in [0.15, 0.2) is 0 Å². The molecule has 0 amide bonds. The topological polar surface area (TPSA) is 155 Å². The fourth-order valence-corrected chi connectivity index (χ4v) is 0.656. The normalized spacial score (nSPS) is 8.26. The van der Waals surface area contributed by atoms with Crippen LogP contribution in [0, 0.1) is 0 Å². The molecule has 0 aliphatic rings. The number of nitrogens with zero attached hydrogens (tertiary/aromatic N) is 3. The molecule has 0 bridgehead atoms. The molecule has 2 aromatic rings. The second-order valence-electron chi connectivity index (χ2n) is 2.78. The Balaban J connectivity index is 0.000000278. The number of carboxylic acids is 2. The van der Waals surface area contributed by atoms with Crippen LogP contribution in [0.1, 0.15) is 10.5 Å². The molecule has 0 saturated carbocycles. The predicted octanol–water partition coefficient (Wildman–Crippen LogP) is -0.386. The first-order chi connectivity index (χ1) is 9.07. The standard InChI is InChI=1S/C6H5NO2.C2H3N3.C2H5NO2/c8-6(9)5-3-1-2-4-7-5;1-2-4-5-3-1;3-1-2(4)5/h1-4H,(H,8,9);1-2H,(H,3,4,5);1,3H2,(H,4,5). The molecule has 0 atom stereocenters. The summed E-state index contributed by atoms with van der Waals surface area (Å²) >= 11 is 0. The smallest absolute Gasteiger partial charge is 0.354 e. The summed E-state index contributed by atoms with van der Waals surface area (Å²) in [6.07, 6.45) is 4.68. The molecule has 0 radical (unpaired) electrons. The maximum absolute atomic E-state index is 10.1. The highest BCUT2D eigenvalue weighted by atomic mass is 16.4. The fraction of sp³-hybridized carbons (Fsp3) is 0.100. The Kier molecular flexibility index (Phi) is 8.82. The van der Waals surface area contributed by atoms with E-state index in [0.29, 0.717) is 0 Å². The van der Waals surface area contributed by atoms with Gasteiger partial charge in [-0.1, -0.05) is 11.3 Å². The summed E-state index contributed by atoms with van der Waals surface area (Å²) in [5.74, 6) is -1.96. The summed E-state index contributed by atoms with van der Waals surface area (Å²) < 4.78 is 0. The molecule has 0 aliphatic heterocycles. The Bertz CT molecular complexity index is 443. The predicted molar refractivity (Wildman–Crippen MR) is 64.3 cm³/mol. The molecule has 0 saturated heterocycles. The lowest BCUT2D eigenvalue weighted by Crippen LogP contribution is -2.10. The van der Waals surface area contributed by atoms with Gasteiger partial charge in [0.1, 0.15) is 5.69 Å². The Morgan fingerprint density at radius 3 is 2.16 bits per heavy atom. The van der Waals surface area contributed by atoms with Gasteiger partial charge in [-0.25, -0.2) is 9.78 Å². The lowest BCUT2D eigenvalue weighted by atomic mass is 10.4. The minimum Gasteiger partial charge on any atom is -0.480 e. The number of pyridine rings is 1. The monoisotopic (exact) mass is 267 g/mol. The molecule has 2 aromatic heterocycles. The van der Waals surface area contributed by atoms with Gasteiger partial charge in [-0.2, -0.15) is 0 Å². The minimum atomic E-state index is -0.990. The molecule has 0 aliphatic carbocycles. The van der Waals surface area contributed by atoms with Crippen LogP contribution in [-0.4, -0.2) is 49.1 Å². The zero-order valence-electron chi connectivity index (χ0n) is 9.80. The van der Waals surface area contributed by atoms with Gasteiger partial charge in [0.05, 0.1) is 12.7 Å². The van der Waals surface area contributed by atoms with E-state index in [4.69, 9.17) is 10.2 Å². The van der Waals surface area contributed by atoms with Crippen molar-refractivity contribution in [2.45, 2.75) is 0 Å². The van der Waals surface area contributed by atoms with Gasteiger partial charge >= 0.3 is 11.9 Å². The maximum Gasteiger partial charge on any atom is 0.354 e. The van der Waals surface area contributed by atoms with Crippen LogP contribution in [0.3, 0.4) is 0 Å². The van der Waals surface area contributed by atoms with Crippen molar-refractivity contribution in [2.24, 2.45) is 5.73 Å². The van der Waals surface area contributed by atoms with E-state index in [0.717, 1.165) is 0 Å². The molecular weight excluding hydrogens is 254 g/mol. The van der Waals surface area contributed by atoms with Crippen molar-refractivity contribution in [2.75, 3.05) is 6.54 Å². The van der Waals surface area contributed by atoms with Crippen LogP contribution < -0.4 is 5.73 Å². The summed E-state index contributed by atoms with van der Waals surface area (Å²) in [6, 6.07) is 4.76. The molecule has 0 fully saturated rings. The molecule has 2 heterocycles. The second-order valence-corrected chi connectivity index (χ2v) is 2.78. The average molecular weight is 267 g/mol. The molecule has 5 N–H and O–H groups in total. The van der Waals surface area contributed by atoms with E-state index >= 15 is 0 Å². The number of hydrogen-bond donors (Lipinski definition) is 4. The molecule has 9 heteroatoms. The summed E-state index contributed by atoms with van der Waals surface area (Å²) in [5, 5.41) is 25.2. The van der Waals surface area contributed by atoms with Crippen LogP contribution in [-0.2, 0) is 4.79 Å². The molecule has 0 spiro atoms. The van der Waals surface area contributed by atoms with Crippen LogP contribution in [0.4, 0.5) is 0 Å². The number of hydrogen-bond acceptors (Lipinski definition) is 6. The summed E-state index contributed by atoms with van der Waals surface area (Å²) in [6.45, 7) is -0.278. The van der Waals surface area contributed by atoms with E-state index in [9.17, 15) is 9.59 Å². The number of carboxylic acid groups (broad SMARTS) is 2. The second kappa shape index (κ2) is 10.4. The number of carbonyl (C=O) groups is 2. The number of aromatic carboxylic acids is 1. The first kappa shape index (κ1) is 16.2. The Morgan fingerprint density at radius 1 is 1.26 bits per heavy atom. The van der Waals surface area contributed by atoms with Crippen molar-refractivity contribution < 1.29 is 19.8 Å². The third-order valence-electron chi connectivity index (χ3n) is 1.39. The van der Waals surface area contributed by atoms with Crippen LogP contribution in [0.15, 0.2) is 36.8 Å². The number of aromatic amines is 1. The summed E-state index contributed by atoms with van der Waals surface area (Å²) in [5.41, 5.74) is 4.65. The van der Waals surface area contributed by atoms with Crippen LogP contribution in [0.5, 0.6) is 0 Å². The molecule has 2 rings (SSSR count). The fourth-order valence-electron chi connectivity index (χ4n) is 0.656. The summed E-state index contributed by atoms with van der Waals surface area (Å²) in [4.78, 5) is 23.0. The van der Waals surface area contributed by atoms with Crippen LogP contribution in [0.25, 0.3) is 0 Å². The highest BCUT2D eigenvalue weighted by molar-refractivity contribution is 5.85. The first-order valence-electron chi connectivity index (χ1n) is 4.94. The minimum absolute atomic E-state index is 0.0810. The van der Waals surface area contributed by atoms with Crippen molar-refractivity contribution >= 4 is 11.9 Å². The Hall–Kier alpha value is -2.81. The van der Waals surface area contributed by atoms with Crippen LogP contribution in [0.2, 0.25) is 0 Å². The zero-order valence-corrected chi connectivity index (χ0v) is 9.80. The number of nitrogens with one attached hydrogen (secondary N) is 1. The molecule has 0 aromatic carbocycles. The molecule has 102 valence electrons. The van der Waals surface area contributed by atoms with Crippen molar-refractivity contribution in [1.29, 1.82) is 0 Å². The van der Waals surface area contributed by atoms with E-state index in [2.05, 4.69) is 26.1 Å². The maximum atomic E-state index is 10.1. The van der Waals surface area contributed by atoms with Gasteiger partial charge < -0.3 is 15.9 Å². The lowest BCUT2D eigenvalue weighted by Gasteiger charge is -1.87. The lowest BCUT2D eigenvalue weighted by molar-refractivity contribution is -0.135. The van der Waals surface area contributed by atoms with E-state index < -0.39 is 11.9 Å². The van der Waals surface area contributed by atoms with E-state index in [1.54, 1.807) is 24.5 Å². The SMILES string of the molecule is NCC(=O)O.O=C(O)c1ccccn1.c1c[nH]nn1. The van der Waals surface area contributed by atoms with E-state index in [1.807, 2.05) is 0 Å². The first-order valence-corrected chi connectivity index (χ1v) is 4.94. The largest absolute Gasteiger partial charge is 0.480 e. The molecule has 9 nitrogen and oxygen atoms in total. The number of aliphatic carboxylic acids is 1. The van der Waals surface area contributed by atoms with Gasteiger partial charge in [-0.15, -0.1) is 5.10 Å². The van der Waals surface area contributed by atoms with Gasteiger partial charge in [0.25, 0.3) is 0 Å². The van der Waals surface area contributed by atoms with Gasteiger partial charge in [0.2, 0.25) is 0 Å². The molecule has 19 heavy (non-hydrogen) atoms. The van der Waals surface area contributed by atoms with Crippen molar-refractivity contribution in [3.05, 3.63) is 42.5 Å². The van der Waals surface area contributed by atoms with Crippen molar-refractivity contribution in [1.82, 2.24) is 20.4 Å².